The summed E-state index contributed by atoms with van der Waals surface area (Å²) in [5.41, 5.74) is 1.76. The predicted octanol–water partition coefficient (Wildman–Crippen LogP) is 2.60. The van der Waals surface area contributed by atoms with E-state index in [0.717, 1.165) is 48.7 Å². The molecule has 0 saturated carbocycles. The van der Waals surface area contributed by atoms with Crippen molar-refractivity contribution in [2.45, 2.75) is 43.9 Å². The van der Waals surface area contributed by atoms with Gasteiger partial charge in [-0.15, -0.1) is 0 Å². The molecule has 1 aromatic carbocycles. The lowest BCUT2D eigenvalue weighted by Gasteiger charge is -2.31. The third kappa shape index (κ3) is 4.72. The van der Waals surface area contributed by atoms with Crippen LogP contribution in [0, 0.1) is 12.8 Å². The van der Waals surface area contributed by atoms with E-state index in [-0.39, 0.29) is 10.8 Å². The highest BCUT2D eigenvalue weighted by Gasteiger charge is 2.30. The Bertz CT molecular complexity index is 1050. The van der Waals surface area contributed by atoms with Crippen molar-refractivity contribution in [2.75, 3.05) is 36.9 Å². The fraction of sp³-hybridized carbons (Fsp3) is 0.500. The number of aromatic nitrogens is 2. The number of anilines is 2. The van der Waals surface area contributed by atoms with Gasteiger partial charge in [0.05, 0.1) is 4.90 Å². The second kappa shape index (κ2) is 8.92. The van der Waals surface area contributed by atoms with E-state index in [0.29, 0.717) is 32.0 Å². The zero-order chi connectivity index (χ0) is 22.0. The summed E-state index contributed by atoms with van der Waals surface area (Å²) < 4.78 is 27.8. The number of piperidine rings is 1. The SMILES string of the molecule is CNc1cc(CC2CCN(S(=O)(=O)c3ccc(N4CCCC4=O)cc3)CC2)nc(C)n1. The van der Waals surface area contributed by atoms with Crippen molar-refractivity contribution in [2.24, 2.45) is 5.92 Å². The lowest BCUT2D eigenvalue weighted by Crippen LogP contribution is -2.39. The molecule has 31 heavy (non-hydrogen) atoms. The molecule has 9 heteroatoms. The minimum Gasteiger partial charge on any atom is -0.373 e. The summed E-state index contributed by atoms with van der Waals surface area (Å²) in [6.07, 6.45) is 3.83. The van der Waals surface area contributed by atoms with Gasteiger partial charge in [0.1, 0.15) is 11.6 Å². The van der Waals surface area contributed by atoms with Crippen LogP contribution in [-0.2, 0) is 21.2 Å². The molecule has 2 aliphatic rings. The Kier molecular flexibility index (Phi) is 6.24. The number of nitrogens with one attached hydrogen (secondary N) is 1. The largest absolute Gasteiger partial charge is 0.373 e. The third-order valence-corrected chi connectivity index (χ3v) is 7.99. The van der Waals surface area contributed by atoms with Gasteiger partial charge in [-0.1, -0.05) is 0 Å². The van der Waals surface area contributed by atoms with E-state index in [2.05, 4.69) is 15.3 Å². The van der Waals surface area contributed by atoms with Crippen LogP contribution >= 0.6 is 0 Å². The predicted molar refractivity (Wildman–Crippen MR) is 120 cm³/mol. The van der Waals surface area contributed by atoms with Crippen molar-refractivity contribution in [3.63, 3.8) is 0 Å². The molecule has 3 heterocycles. The monoisotopic (exact) mass is 443 g/mol. The minimum atomic E-state index is -3.54. The van der Waals surface area contributed by atoms with Crippen LogP contribution in [0.5, 0.6) is 0 Å². The first-order valence-corrected chi connectivity index (χ1v) is 12.2. The summed E-state index contributed by atoms with van der Waals surface area (Å²) in [7, 11) is -1.70. The Morgan fingerprint density at radius 1 is 1.10 bits per heavy atom. The molecule has 1 N–H and O–H groups in total. The van der Waals surface area contributed by atoms with Crippen molar-refractivity contribution >= 4 is 27.4 Å². The van der Waals surface area contributed by atoms with E-state index in [9.17, 15) is 13.2 Å². The Hall–Kier alpha value is -2.52. The molecule has 1 aromatic heterocycles. The van der Waals surface area contributed by atoms with Gasteiger partial charge < -0.3 is 10.2 Å². The van der Waals surface area contributed by atoms with Gasteiger partial charge in [0.25, 0.3) is 0 Å². The van der Waals surface area contributed by atoms with Crippen LogP contribution in [0.25, 0.3) is 0 Å². The molecule has 0 radical (unpaired) electrons. The summed E-state index contributed by atoms with van der Waals surface area (Å²) >= 11 is 0. The zero-order valence-electron chi connectivity index (χ0n) is 18.0. The summed E-state index contributed by atoms with van der Waals surface area (Å²) in [6.45, 7) is 3.58. The number of benzene rings is 1. The average Bonchev–Trinajstić information content (AvgIpc) is 3.19. The highest BCUT2D eigenvalue weighted by Crippen LogP contribution is 2.28. The lowest BCUT2D eigenvalue weighted by atomic mass is 9.93. The molecule has 2 fully saturated rings. The number of hydrogen-bond donors (Lipinski definition) is 1. The molecule has 4 rings (SSSR count). The highest BCUT2D eigenvalue weighted by atomic mass is 32.2. The van der Waals surface area contributed by atoms with Crippen LogP contribution in [0.4, 0.5) is 11.5 Å². The summed E-state index contributed by atoms with van der Waals surface area (Å²) in [5.74, 6) is 2.04. The van der Waals surface area contributed by atoms with Gasteiger partial charge in [-0.05, 0) is 62.8 Å². The zero-order valence-corrected chi connectivity index (χ0v) is 18.9. The van der Waals surface area contributed by atoms with Crippen LogP contribution in [0.1, 0.15) is 37.2 Å². The van der Waals surface area contributed by atoms with Crippen molar-refractivity contribution in [3.05, 3.63) is 41.9 Å². The van der Waals surface area contributed by atoms with Crippen LogP contribution in [0.2, 0.25) is 0 Å². The molecule has 2 saturated heterocycles. The van der Waals surface area contributed by atoms with E-state index in [1.54, 1.807) is 33.5 Å². The van der Waals surface area contributed by atoms with Crippen molar-refractivity contribution < 1.29 is 13.2 Å². The van der Waals surface area contributed by atoms with Gasteiger partial charge in [0.15, 0.2) is 0 Å². The maximum atomic E-state index is 13.1. The highest BCUT2D eigenvalue weighted by molar-refractivity contribution is 7.89. The molecule has 0 unspecified atom stereocenters. The Balaban J connectivity index is 1.38. The van der Waals surface area contributed by atoms with Gasteiger partial charge in [-0.3, -0.25) is 4.79 Å². The molecular weight excluding hydrogens is 414 g/mol. The van der Waals surface area contributed by atoms with Crippen molar-refractivity contribution in [1.29, 1.82) is 0 Å². The summed E-state index contributed by atoms with van der Waals surface area (Å²) in [5, 5.41) is 3.05. The number of aryl methyl sites for hydroxylation is 1. The van der Waals surface area contributed by atoms with Crippen LogP contribution < -0.4 is 10.2 Å². The molecule has 0 aliphatic carbocycles. The van der Waals surface area contributed by atoms with E-state index in [4.69, 9.17) is 0 Å². The fourth-order valence-corrected chi connectivity index (χ4v) is 5.85. The van der Waals surface area contributed by atoms with E-state index in [1.807, 2.05) is 20.0 Å². The summed E-state index contributed by atoms with van der Waals surface area (Å²) in [6, 6.07) is 8.67. The molecule has 2 aromatic rings. The summed E-state index contributed by atoms with van der Waals surface area (Å²) in [4.78, 5) is 22.8. The van der Waals surface area contributed by atoms with Crippen molar-refractivity contribution in [3.8, 4) is 0 Å². The van der Waals surface area contributed by atoms with Gasteiger partial charge >= 0.3 is 0 Å². The number of carbonyl (C=O) groups is 1. The topological polar surface area (TPSA) is 95.5 Å². The third-order valence-electron chi connectivity index (χ3n) is 6.08. The minimum absolute atomic E-state index is 0.0957. The quantitative estimate of drug-likeness (QED) is 0.737. The molecule has 2 aliphatic heterocycles. The number of hydrogen-bond acceptors (Lipinski definition) is 6. The Labute approximate surface area is 183 Å². The molecule has 0 spiro atoms. The normalized spacial score (nSPS) is 18.5. The van der Waals surface area contributed by atoms with Gasteiger partial charge in [0.2, 0.25) is 15.9 Å². The van der Waals surface area contributed by atoms with Gasteiger partial charge in [-0.2, -0.15) is 4.31 Å². The number of sulfonamides is 1. The first kappa shape index (κ1) is 21.7. The van der Waals surface area contributed by atoms with Gasteiger partial charge in [-0.25, -0.2) is 18.4 Å². The Morgan fingerprint density at radius 2 is 1.81 bits per heavy atom. The van der Waals surface area contributed by atoms with Gasteiger partial charge in [0, 0.05) is 50.6 Å². The standard InChI is InChI=1S/C22H29N5O3S/c1-16-24-18(15-21(23-2)25-16)14-17-9-12-26(13-10-17)31(29,30)20-7-5-19(6-8-20)27-11-3-4-22(27)28/h5-8,15,17H,3-4,9-14H2,1-2H3,(H,23,24,25). The van der Waals surface area contributed by atoms with Crippen LogP contribution in [-0.4, -0.2) is 55.3 Å². The Morgan fingerprint density at radius 3 is 2.42 bits per heavy atom. The van der Waals surface area contributed by atoms with Crippen LogP contribution in [0.3, 0.4) is 0 Å². The first-order chi connectivity index (χ1) is 14.9. The maximum Gasteiger partial charge on any atom is 0.243 e. The molecule has 1 amide bonds. The van der Waals surface area contributed by atoms with E-state index >= 15 is 0 Å². The molecule has 0 bridgehead atoms. The first-order valence-electron chi connectivity index (χ1n) is 10.8. The number of amides is 1. The molecule has 0 atom stereocenters. The lowest BCUT2D eigenvalue weighted by molar-refractivity contribution is -0.117. The van der Waals surface area contributed by atoms with E-state index in [1.165, 1.54) is 0 Å². The smallest absolute Gasteiger partial charge is 0.243 e. The fourth-order valence-electron chi connectivity index (χ4n) is 4.38. The molecular formula is C22H29N5O3S. The van der Waals surface area contributed by atoms with Crippen molar-refractivity contribution in [1.82, 2.24) is 14.3 Å². The number of nitrogens with zero attached hydrogens (tertiary/aromatic N) is 4. The second-order valence-corrected chi connectivity index (χ2v) is 10.2. The average molecular weight is 444 g/mol. The van der Waals surface area contributed by atoms with Crippen LogP contribution in [0.15, 0.2) is 35.2 Å². The number of rotatable bonds is 6. The molecule has 8 nitrogen and oxygen atoms in total. The van der Waals surface area contributed by atoms with E-state index < -0.39 is 10.0 Å². The number of carbonyl (C=O) groups excluding carboxylic acids is 1. The maximum absolute atomic E-state index is 13.1. The second-order valence-electron chi connectivity index (χ2n) is 8.24. The molecule has 166 valence electrons.